The summed E-state index contributed by atoms with van der Waals surface area (Å²) in [5, 5.41) is 5.00. The van der Waals surface area contributed by atoms with E-state index in [1.165, 1.54) is 11.1 Å². The maximum Gasteiger partial charge on any atom is 0.0409 e. The quantitative estimate of drug-likeness (QED) is 0.844. The summed E-state index contributed by atoms with van der Waals surface area (Å²) in [4.78, 5) is 0. The fraction of sp³-hybridized carbons (Fsp3) is 0.200. The number of hydrogen-bond acceptors (Lipinski definition) is 1. The van der Waals surface area contributed by atoms with Crippen LogP contribution in [0.25, 0.3) is 0 Å². The zero-order valence-corrected chi connectivity index (χ0v) is 11.7. The molecule has 0 saturated heterocycles. The predicted octanol–water partition coefficient (Wildman–Crippen LogP) is 4.84. The maximum absolute atomic E-state index is 5.95. The minimum Gasteiger partial charge on any atom is -0.306 e. The molecule has 0 aliphatic heterocycles. The second-order valence-corrected chi connectivity index (χ2v) is 5.16. The van der Waals surface area contributed by atoms with Crippen molar-refractivity contribution in [2.24, 2.45) is 0 Å². The average Bonchev–Trinajstić information content (AvgIpc) is 2.37. The molecule has 2 aromatic rings. The summed E-state index contributed by atoms with van der Waals surface area (Å²) in [5.41, 5.74) is 2.41. The highest BCUT2D eigenvalue weighted by atomic mass is 35.5. The molecule has 0 saturated carbocycles. The van der Waals surface area contributed by atoms with Gasteiger partial charge in [0, 0.05) is 22.6 Å². The van der Waals surface area contributed by atoms with Gasteiger partial charge in [-0.3, -0.25) is 0 Å². The van der Waals surface area contributed by atoms with E-state index in [4.69, 9.17) is 23.2 Å². The Morgan fingerprint density at radius 2 is 1.72 bits per heavy atom. The van der Waals surface area contributed by atoms with Crippen LogP contribution < -0.4 is 5.32 Å². The third-order valence-corrected chi connectivity index (χ3v) is 3.36. The van der Waals surface area contributed by atoms with Crippen molar-refractivity contribution in [2.45, 2.75) is 19.5 Å². The molecule has 0 aromatic heterocycles. The fourth-order valence-corrected chi connectivity index (χ4v) is 2.13. The van der Waals surface area contributed by atoms with Gasteiger partial charge in [-0.05, 0) is 42.3 Å². The smallest absolute Gasteiger partial charge is 0.0409 e. The number of hydrogen-bond donors (Lipinski definition) is 1. The molecule has 0 amide bonds. The van der Waals surface area contributed by atoms with Crippen LogP contribution in [-0.4, -0.2) is 0 Å². The molecule has 0 heterocycles. The van der Waals surface area contributed by atoms with Gasteiger partial charge in [-0.15, -0.1) is 0 Å². The highest BCUT2D eigenvalue weighted by Gasteiger charge is 2.04. The molecule has 0 aliphatic rings. The lowest BCUT2D eigenvalue weighted by molar-refractivity contribution is 0.575. The van der Waals surface area contributed by atoms with Gasteiger partial charge in [0.25, 0.3) is 0 Å². The first-order valence-electron chi connectivity index (χ1n) is 5.88. The molecule has 2 rings (SSSR count). The Balaban J connectivity index is 1.96. The van der Waals surface area contributed by atoms with Gasteiger partial charge in [-0.25, -0.2) is 0 Å². The van der Waals surface area contributed by atoms with Gasteiger partial charge in [0.05, 0.1) is 0 Å². The summed E-state index contributed by atoms with van der Waals surface area (Å²) in [5.74, 6) is 0. The summed E-state index contributed by atoms with van der Waals surface area (Å²) in [6.45, 7) is 2.93. The normalized spacial score (nSPS) is 12.4. The highest BCUT2D eigenvalue weighted by Crippen LogP contribution is 2.17. The van der Waals surface area contributed by atoms with E-state index in [0.717, 1.165) is 16.6 Å². The molecule has 1 atom stereocenters. The van der Waals surface area contributed by atoms with Crippen LogP contribution in [0.1, 0.15) is 24.1 Å². The lowest BCUT2D eigenvalue weighted by Gasteiger charge is -2.14. The van der Waals surface area contributed by atoms with Gasteiger partial charge in [-0.1, -0.05) is 47.5 Å². The van der Waals surface area contributed by atoms with Crippen LogP contribution in [0.15, 0.2) is 48.5 Å². The summed E-state index contributed by atoms with van der Waals surface area (Å²) < 4.78 is 0. The highest BCUT2D eigenvalue weighted by molar-refractivity contribution is 6.30. The lowest BCUT2D eigenvalue weighted by Crippen LogP contribution is -2.17. The summed E-state index contributed by atoms with van der Waals surface area (Å²) in [6.07, 6.45) is 0. The van der Waals surface area contributed by atoms with E-state index in [0.29, 0.717) is 0 Å². The minimum atomic E-state index is 0.279. The Kier molecular flexibility index (Phi) is 4.65. The summed E-state index contributed by atoms with van der Waals surface area (Å²) in [6, 6.07) is 16.1. The van der Waals surface area contributed by atoms with Gasteiger partial charge >= 0.3 is 0 Å². The molecule has 0 fully saturated rings. The molecule has 3 heteroatoms. The van der Waals surface area contributed by atoms with E-state index in [2.05, 4.69) is 18.3 Å². The second-order valence-electron chi connectivity index (χ2n) is 4.28. The zero-order chi connectivity index (χ0) is 13.0. The molecular weight excluding hydrogens is 265 g/mol. The third kappa shape index (κ3) is 3.74. The Morgan fingerprint density at radius 1 is 1.00 bits per heavy atom. The van der Waals surface area contributed by atoms with Gasteiger partial charge in [0.1, 0.15) is 0 Å². The fourth-order valence-electron chi connectivity index (χ4n) is 1.79. The summed E-state index contributed by atoms with van der Waals surface area (Å²) in [7, 11) is 0. The molecule has 2 aromatic carbocycles. The third-order valence-electron chi connectivity index (χ3n) is 2.87. The van der Waals surface area contributed by atoms with Crippen molar-refractivity contribution in [3.05, 3.63) is 69.7 Å². The standard InChI is InChI=1S/C15H15Cl2N/c1-11(13-5-7-14(16)8-6-13)18-10-12-3-2-4-15(17)9-12/h2-9,11,18H,10H2,1H3/t11-/m0/s1. The summed E-state index contributed by atoms with van der Waals surface area (Å²) >= 11 is 11.8. The molecule has 0 unspecified atom stereocenters. The molecule has 0 aliphatic carbocycles. The van der Waals surface area contributed by atoms with E-state index < -0.39 is 0 Å². The Hall–Kier alpha value is -1.02. The Morgan fingerprint density at radius 3 is 2.39 bits per heavy atom. The Bertz CT molecular complexity index is 508. The molecule has 94 valence electrons. The first-order valence-corrected chi connectivity index (χ1v) is 6.64. The van der Waals surface area contributed by atoms with E-state index in [1.54, 1.807) is 0 Å². The average molecular weight is 280 g/mol. The van der Waals surface area contributed by atoms with E-state index >= 15 is 0 Å². The van der Waals surface area contributed by atoms with Crippen molar-refractivity contribution in [3.8, 4) is 0 Å². The molecule has 18 heavy (non-hydrogen) atoms. The first-order chi connectivity index (χ1) is 8.65. The first kappa shape index (κ1) is 13.4. The van der Waals surface area contributed by atoms with Gasteiger partial charge in [0.2, 0.25) is 0 Å². The van der Waals surface area contributed by atoms with Crippen LogP contribution in [0.5, 0.6) is 0 Å². The van der Waals surface area contributed by atoms with Crippen molar-refractivity contribution in [2.75, 3.05) is 0 Å². The number of rotatable bonds is 4. The van der Waals surface area contributed by atoms with Gasteiger partial charge < -0.3 is 5.32 Å². The molecule has 0 spiro atoms. The van der Waals surface area contributed by atoms with Gasteiger partial charge in [-0.2, -0.15) is 0 Å². The second kappa shape index (κ2) is 6.24. The van der Waals surface area contributed by atoms with E-state index in [1.807, 2.05) is 42.5 Å². The van der Waals surface area contributed by atoms with Crippen molar-refractivity contribution < 1.29 is 0 Å². The van der Waals surface area contributed by atoms with Gasteiger partial charge in [0.15, 0.2) is 0 Å². The number of nitrogens with one attached hydrogen (secondary N) is 1. The van der Waals surface area contributed by atoms with Crippen LogP contribution in [0.2, 0.25) is 10.0 Å². The van der Waals surface area contributed by atoms with Crippen LogP contribution in [0.3, 0.4) is 0 Å². The van der Waals surface area contributed by atoms with Crippen molar-refractivity contribution in [3.63, 3.8) is 0 Å². The van der Waals surface area contributed by atoms with Crippen molar-refractivity contribution in [1.82, 2.24) is 5.32 Å². The lowest BCUT2D eigenvalue weighted by atomic mass is 10.1. The van der Waals surface area contributed by atoms with E-state index in [9.17, 15) is 0 Å². The molecule has 0 bridgehead atoms. The molecule has 1 nitrogen and oxygen atoms in total. The molecular formula is C15H15Cl2N. The predicted molar refractivity (Wildman–Crippen MR) is 78.2 cm³/mol. The van der Waals surface area contributed by atoms with Crippen LogP contribution in [0, 0.1) is 0 Å². The van der Waals surface area contributed by atoms with Crippen molar-refractivity contribution >= 4 is 23.2 Å². The zero-order valence-electron chi connectivity index (χ0n) is 10.2. The van der Waals surface area contributed by atoms with Crippen LogP contribution in [0.4, 0.5) is 0 Å². The SMILES string of the molecule is C[C@H](NCc1cccc(Cl)c1)c1ccc(Cl)cc1. The molecule has 1 N–H and O–H groups in total. The topological polar surface area (TPSA) is 12.0 Å². The minimum absolute atomic E-state index is 0.279. The molecule has 0 radical (unpaired) electrons. The van der Waals surface area contributed by atoms with Crippen LogP contribution >= 0.6 is 23.2 Å². The monoisotopic (exact) mass is 279 g/mol. The number of halogens is 2. The maximum atomic E-state index is 5.95. The van der Waals surface area contributed by atoms with E-state index in [-0.39, 0.29) is 6.04 Å². The Labute approximate surface area is 118 Å². The van der Waals surface area contributed by atoms with Crippen molar-refractivity contribution in [1.29, 1.82) is 0 Å². The van der Waals surface area contributed by atoms with Crippen LogP contribution in [-0.2, 0) is 6.54 Å². The largest absolute Gasteiger partial charge is 0.306 e. The number of benzene rings is 2.